The summed E-state index contributed by atoms with van der Waals surface area (Å²) in [5.41, 5.74) is -1.25. The highest BCUT2D eigenvalue weighted by molar-refractivity contribution is 6.74. The highest BCUT2D eigenvalue weighted by Gasteiger charge is 2.57. The number of hydrogen-bond donors (Lipinski definition) is 1. The van der Waals surface area contributed by atoms with Crippen molar-refractivity contribution in [3.05, 3.63) is 62.0 Å². The maximum absolute atomic E-state index is 14.5. The number of hydrogen-bond acceptors (Lipinski definition) is 6. The van der Waals surface area contributed by atoms with Crippen molar-refractivity contribution in [3.63, 3.8) is 0 Å². The smallest absolute Gasteiger partial charge is 0.359 e. The molecule has 1 aromatic heterocycles. The predicted octanol–water partition coefficient (Wildman–Crippen LogP) is 6.26. The number of methoxy groups -OCH3 is 1. The Bertz CT molecular complexity index is 1450. The average Bonchev–Trinajstić information content (AvgIpc) is 3.58. The van der Waals surface area contributed by atoms with E-state index in [2.05, 4.69) is 39.2 Å². The lowest BCUT2D eigenvalue weighted by Crippen LogP contribution is -2.46. The number of nitrogens with zero attached hydrogens (tertiary/aromatic N) is 1. The minimum Gasteiger partial charge on any atom is -0.491 e. The van der Waals surface area contributed by atoms with Gasteiger partial charge in [0.2, 0.25) is 5.43 Å². The van der Waals surface area contributed by atoms with Gasteiger partial charge in [0.25, 0.3) is 5.91 Å². The second-order valence-electron chi connectivity index (χ2n) is 12.9. The molecule has 1 aromatic carbocycles. The normalized spacial score (nSPS) is 21.7. The minimum absolute atomic E-state index is 0.0575. The number of halogens is 3. The maximum atomic E-state index is 14.5. The Balaban J connectivity index is 1.78. The zero-order chi connectivity index (χ0) is 31.3. The van der Waals surface area contributed by atoms with E-state index in [-0.39, 0.29) is 46.3 Å². The Morgan fingerprint density at radius 1 is 1.19 bits per heavy atom. The van der Waals surface area contributed by atoms with Crippen molar-refractivity contribution in [2.24, 2.45) is 11.8 Å². The molecule has 1 heterocycles. The monoisotopic (exact) mass is 624 g/mol. The Kier molecular flexibility index (Phi) is 8.98. The standard InChI is InChI=1S/C30H39ClF2N2O6Si/c1-15(2)40-29(38)24-27(39-6)25(36)19(28(37)34-13-16-9-10-20(32)22(31)23(16)33)14-35(24)21-12-17-11-18(17)26(21)41-42(7,8)30(3,4)5/h9-10,14-15,17-18,21,26H,11-13H2,1-8H3,(H,34,37)/t17-,18-,21-,26?/m0/s1. The van der Waals surface area contributed by atoms with Crippen LogP contribution in [0.2, 0.25) is 23.2 Å². The maximum Gasteiger partial charge on any atom is 0.359 e. The lowest BCUT2D eigenvalue weighted by molar-refractivity contribution is 0.0347. The molecule has 0 bridgehead atoms. The van der Waals surface area contributed by atoms with Gasteiger partial charge in [-0.2, -0.15) is 0 Å². The summed E-state index contributed by atoms with van der Waals surface area (Å²) in [5, 5.41) is 1.76. The summed E-state index contributed by atoms with van der Waals surface area (Å²) in [7, 11) is -0.987. The topological polar surface area (TPSA) is 95.9 Å². The second kappa shape index (κ2) is 11.7. The Hall–Kier alpha value is -2.76. The van der Waals surface area contributed by atoms with Crippen LogP contribution in [0, 0.1) is 23.5 Å². The van der Waals surface area contributed by atoms with Crippen LogP contribution < -0.4 is 15.5 Å². The molecule has 2 saturated carbocycles. The predicted molar refractivity (Wildman–Crippen MR) is 158 cm³/mol. The number of amides is 1. The molecular weight excluding hydrogens is 586 g/mol. The fraction of sp³-hybridized carbons (Fsp3) is 0.567. The molecule has 2 aromatic rings. The number of rotatable bonds is 9. The van der Waals surface area contributed by atoms with Crippen molar-refractivity contribution < 1.29 is 32.3 Å². The van der Waals surface area contributed by atoms with Crippen molar-refractivity contribution in [2.75, 3.05) is 7.11 Å². The van der Waals surface area contributed by atoms with E-state index in [1.54, 1.807) is 18.4 Å². The molecular formula is C30H39ClF2N2O6Si. The van der Waals surface area contributed by atoms with Crippen LogP contribution in [0.3, 0.4) is 0 Å². The van der Waals surface area contributed by atoms with Crippen LogP contribution >= 0.6 is 11.6 Å². The van der Waals surface area contributed by atoms with Gasteiger partial charge in [0.1, 0.15) is 22.2 Å². The summed E-state index contributed by atoms with van der Waals surface area (Å²) in [6.45, 7) is 13.8. The number of carbonyl (C=O) groups is 2. The highest BCUT2D eigenvalue weighted by Crippen LogP contribution is 2.59. The van der Waals surface area contributed by atoms with Gasteiger partial charge in [-0.1, -0.05) is 38.4 Å². The first kappa shape index (κ1) is 32.2. The van der Waals surface area contributed by atoms with Crippen LogP contribution in [0.1, 0.15) is 79.9 Å². The third-order valence-corrected chi connectivity index (χ3v) is 13.5. The summed E-state index contributed by atoms with van der Waals surface area (Å²) in [5.74, 6) is -3.13. The van der Waals surface area contributed by atoms with Gasteiger partial charge < -0.3 is 23.8 Å². The molecule has 0 saturated heterocycles. The largest absolute Gasteiger partial charge is 0.491 e. The van der Waals surface area contributed by atoms with E-state index in [1.165, 1.54) is 13.3 Å². The molecule has 2 aliphatic carbocycles. The fourth-order valence-corrected chi connectivity index (χ4v) is 6.84. The first-order valence-corrected chi connectivity index (χ1v) is 17.4. The van der Waals surface area contributed by atoms with Crippen LogP contribution in [-0.2, 0) is 15.7 Å². The molecule has 12 heteroatoms. The third-order valence-electron chi connectivity index (χ3n) is 8.65. The quantitative estimate of drug-likeness (QED) is 0.201. The van der Waals surface area contributed by atoms with Gasteiger partial charge >= 0.3 is 5.97 Å². The van der Waals surface area contributed by atoms with Crippen molar-refractivity contribution in [1.82, 2.24) is 9.88 Å². The van der Waals surface area contributed by atoms with Gasteiger partial charge in [0.15, 0.2) is 19.8 Å². The summed E-state index contributed by atoms with van der Waals surface area (Å²) >= 11 is 5.67. The third kappa shape index (κ3) is 6.14. The van der Waals surface area contributed by atoms with Crippen LogP contribution in [0.4, 0.5) is 8.78 Å². The number of carbonyl (C=O) groups excluding carboxylic acids is 2. The zero-order valence-corrected chi connectivity index (χ0v) is 27.0. The average molecular weight is 625 g/mol. The van der Waals surface area contributed by atoms with Gasteiger partial charge in [-0.15, -0.1) is 0 Å². The lowest BCUT2D eigenvalue weighted by atomic mass is 10.1. The molecule has 1 unspecified atom stereocenters. The first-order valence-electron chi connectivity index (χ1n) is 14.1. The molecule has 2 aliphatic rings. The van der Waals surface area contributed by atoms with Gasteiger partial charge in [0, 0.05) is 18.3 Å². The van der Waals surface area contributed by atoms with Crippen LogP contribution in [-0.4, -0.2) is 44.1 Å². The van der Waals surface area contributed by atoms with E-state index in [4.69, 9.17) is 25.5 Å². The summed E-state index contributed by atoms with van der Waals surface area (Å²) in [4.78, 5) is 40.3. The highest BCUT2D eigenvalue weighted by atomic mass is 35.5. The Morgan fingerprint density at radius 3 is 2.45 bits per heavy atom. The first-order chi connectivity index (χ1) is 19.5. The van der Waals surface area contributed by atoms with E-state index >= 15 is 0 Å². The van der Waals surface area contributed by atoms with Crippen molar-refractivity contribution in [2.45, 2.75) is 90.4 Å². The number of benzene rings is 1. The van der Waals surface area contributed by atoms with Crippen LogP contribution in [0.5, 0.6) is 5.75 Å². The molecule has 0 aliphatic heterocycles. The van der Waals surface area contributed by atoms with Crippen LogP contribution in [0.25, 0.3) is 0 Å². The fourth-order valence-electron chi connectivity index (χ4n) is 5.29. The number of nitrogens with one attached hydrogen (secondary N) is 1. The molecule has 42 heavy (non-hydrogen) atoms. The van der Waals surface area contributed by atoms with E-state index in [0.29, 0.717) is 18.3 Å². The van der Waals surface area contributed by atoms with Gasteiger partial charge in [0.05, 0.1) is 25.4 Å². The molecule has 1 N–H and O–H groups in total. The molecule has 0 spiro atoms. The minimum atomic E-state index is -2.24. The van der Waals surface area contributed by atoms with E-state index in [1.807, 2.05) is 0 Å². The number of fused-ring (bicyclic) bond motifs is 1. The molecule has 2 fully saturated rings. The van der Waals surface area contributed by atoms with Crippen molar-refractivity contribution >= 4 is 31.8 Å². The van der Waals surface area contributed by atoms with Gasteiger partial charge in [-0.25, -0.2) is 13.6 Å². The number of aromatic nitrogens is 1. The van der Waals surface area contributed by atoms with Gasteiger partial charge in [-0.3, -0.25) is 9.59 Å². The summed E-state index contributed by atoms with van der Waals surface area (Å²) in [6, 6.07) is 1.80. The molecule has 230 valence electrons. The Labute approximate surface area is 250 Å². The van der Waals surface area contributed by atoms with Crippen LogP contribution in [0.15, 0.2) is 23.1 Å². The van der Waals surface area contributed by atoms with E-state index in [0.717, 1.165) is 18.6 Å². The summed E-state index contributed by atoms with van der Waals surface area (Å²) < 4.78 is 47.5. The van der Waals surface area contributed by atoms with E-state index in [9.17, 15) is 23.2 Å². The molecule has 8 nitrogen and oxygen atoms in total. The lowest BCUT2D eigenvalue weighted by Gasteiger charge is -2.41. The Morgan fingerprint density at radius 2 is 1.86 bits per heavy atom. The number of ether oxygens (including phenoxy) is 2. The molecule has 1 amide bonds. The second-order valence-corrected chi connectivity index (χ2v) is 18.1. The summed E-state index contributed by atoms with van der Waals surface area (Å²) in [6.07, 6.45) is 2.35. The number of esters is 1. The number of pyridine rings is 1. The zero-order valence-electron chi connectivity index (χ0n) is 25.3. The van der Waals surface area contributed by atoms with Gasteiger partial charge in [-0.05, 0) is 62.7 Å². The van der Waals surface area contributed by atoms with E-state index < -0.39 is 48.4 Å². The SMILES string of the molecule is COc1c(C(=O)OC(C)C)n([C@H]2C[C@@H]3C[C@@H]3C2O[Si](C)(C)C(C)(C)C)cc(C(=O)NCc2ccc(F)c(Cl)c2F)c1=O. The molecule has 4 rings (SSSR count). The molecule has 4 atom stereocenters. The molecule has 0 radical (unpaired) electrons. The van der Waals surface area contributed by atoms with Crippen molar-refractivity contribution in [3.8, 4) is 5.75 Å². The van der Waals surface area contributed by atoms with Crippen molar-refractivity contribution in [1.29, 1.82) is 0 Å².